The summed E-state index contributed by atoms with van der Waals surface area (Å²) >= 11 is 6.24. The van der Waals surface area contributed by atoms with Crippen LogP contribution in [0.1, 0.15) is 25.8 Å². The number of amides is 1. The van der Waals surface area contributed by atoms with E-state index in [1.165, 1.54) is 0 Å². The van der Waals surface area contributed by atoms with E-state index in [0.717, 1.165) is 17.9 Å². The van der Waals surface area contributed by atoms with Crippen LogP contribution in [0, 0.1) is 5.92 Å². The molecule has 0 unspecified atom stereocenters. The molecule has 0 radical (unpaired) electrons. The van der Waals surface area contributed by atoms with E-state index in [4.69, 9.17) is 16.3 Å². The molecule has 1 rings (SSSR count). The van der Waals surface area contributed by atoms with Crippen LogP contribution in [0.25, 0.3) is 0 Å². The molecule has 0 atom stereocenters. The van der Waals surface area contributed by atoms with E-state index >= 15 is 0 Å². The van der Waals surface area contributed by atoms with Crippen LogP contribution in [0.2, 0.25) is 5.02 Å². The summed E-state index contributed by atoms with van der Waals surface area (Å²) in [6, 6.07) is 5.60. The molecule has 1 N–H and O–H groups in total. The van der Waals surface area contributed by atoms with Gasteiger partial charge in [0.1, 0.15) is 5.75 Å². The Morgan fingerprint density at radius 2 is 2.10 bits per heavy atom. The fourth-order valence-electron chi connectivity index (χ4n) is 1.80. The third-order valence-corrected chi connectivity index (χ3v) is 3.36. The molecule has 0 aliphatic rings. The minimum atomic E-state index is 0.0523. The van der Waals surface area contributed by atoms with Crippen molar-refractivity contribution < 1.29 is 9.53 Å². The Morgan fingerprint density at radius 1 is 1.38 bits per heavy atom. The molecule has 1 aromatic rings. The minimum Gasteiger partial charge on any atom is -0.493 e. The maximum Gasteiger partial charge on any atom is 0.225 e. The second-order valence-corrected chi connectivity index (χ2v) is 6.04. The maximum atomic E-state index is 11.5. The molecule has 0 saturated heterocycles. The van der Waals surface area contributed by atoms with Crippen LogP contribution in [0.5, 0.6) is 5.75 Å². The molecule has 4 nitrogen and oxygen atoms in total. The van der Waals surface area contributed by atoms with Crippen molar-refractivity contribution in [3.8, 4) is 5.75 Å². The molecular formula is C16H25ClN2O2. The van der Waals surface area contributed by atoms with Crippen LogP contribution in [0.15, 0.2) is 18.2 Å². The number of halogens is 1. The number of carbonyl (C=O) groups excluding carboxylic acids is 1. The lowest BCUT2D eigenvalue weighted by Gasteiger charge is -2.15. The zero-order valence-electron chi connectivity index (χ0n) is 13.3. The first-order valence-corrected chi connectivity index (χ1v) is 7.60. The predicted molar refractivity (Wildman–Crippen MR) is 86.8 cm³/mol. The predicted octanol–water partition coefficient (Wildman–Crippen LogP) is 2.94. The monoisotopic (exact) mass is 312 g/mol. The summed E-state index contributed by atoms with van der Waals surface area (Å²) in [7, 11) is 3.48. The topological polar surface area (TPSA) is 41.6 Å². The molecule has 0 aliphatic heterocycles. The Hall–Kier alpha value is -1.26. The first kappa shape index (κ1) is 17.8. The number of carbonyl (C=O) groups is 1. The van der Waals surface area contributed by atoms with Crippen LogP contribution in [0.4, 0.5) is 0 Å². The van der Waals surface area contributed by atoms with Crippen molar-refractivity contribution in [2.24, 2.45) is 5.92 Å². The summed E-state index contributed by atoms with van der Waals surface area (Å²) in [4.78, 5) is 13.1. The van der Waals surface area contributed by atoms with Crippen molar-refractivity contribution in [3.63, 3.8) is 0 Å². The molecule has 0 bridgehead atoms. The van der Waals surface area contributed by atoms with Gasteiger partial charge in [-0.3, -0.25) is 4.79 Å². The Labute approximate surface area is 132 Å². The highest BCUT2D eigenvalue weighted by atomic mass is 35.5. The van der Waals surface area contributed by atoms with Crippen molar-refractivity contribution in [3.05, 3.63) is 28.8 Å². The van der Waals surface area contributed by atoms with Crippen molar-refractivity contribution in [1.82, 2.24) is 10.2 Å². The van der Waals surface area contributed by atoms with E-state index in [9.17, 15) is 4.79 Å². The minimum absolute atomic E-state index is 0.0523. The lowest BCUT2D eigenvalue weighted by Crippen LogP contribution is -2.23. The third-order valence-electron chi connectivity index (χ3n) is 3.00. The van der Waals surface area contributed by atoms with E-state index in [2.05, 4.69) is 19.2 Å². The Kier molecular flexibility index (Phi) is 7.54. The maximum absolute atomic E-state index is 11.5. The second kappa shape index (κ2) is 8.90. The quantitative estimate of drug-likeness (QED) is 0.802. The summed E-state index contributed by atoms with van der Waals surface area (Å²) in [6.45, 7) is 6.25. The first-order chi connectivity index (χ1) is 9.91. The Bertz CT molecular complexity index is 462. The number of hydrogen-bond donors (Lipinski definition) is 1. The Balaban J connectivity index is 2.60. The van der Waals surface area contributed by atoms with Crippen LogP contribution in [-0.4, -0.2) is 38.1 Å². The van der Waals surface area contributed by atoms with Crippen LogP contribution in [-0.2, 0) is 11.3 Å². The molecule has 21 heavy (non-hydrogen) atoms. The standard InChI is InChI=1S/C16H25ClN2O2/c1-12(2)10-18-11-13-14(17)6-5-7-15(13)21-9-8-16(20)19(3)4/h5-7,12,18H,8-11H2,1-4H3. The Morgan fingerprint density at radius 3 is 2.71 bits per heavy atom. The summed E-state index contributed by atoms with van der Waals surface area (Å²) in [5, 5.41) is 4.04. The number of benzene rings is 1. The van der Waals surface area contributed by atoms with Gasteiger partial charge in [-0.05, 0) is 24.6 Å². The molecule has 5 heteroatoms. The van der Waals surface area contributed by atoms with Gasteiger partial charge in [0.05, 0.1) is 13.0 Å². The summed E-state index contributed by atoms with van der Waals surface area (Å²) in [5.41, 5.74) is 0.942. The lowest BCUT2D eigenvalue weighted by atomic mass is 10.1. The van der Waals surface area contributed by atoms with Gasteiger partial charge in [0.25, 0.3) is 0 Å². The summed E-state index contributed by atoms with van der Waals surface area (Å²) in [5.74, 6) is 1.37. The largest absolute Gasteiger partial charge is 0.493 e. The van der Waals surface area contributed by atoms with Gasteiger partial charge in [0.15, 0.2) is 0 Å². The van der Waals surface area contributed by atoms with E-state index in [1.54, 1.807) is 19.0 Å². The fourth-order valence-corrected chi connectivity index (χ4v) is 2.04. The molecule has 1 amide bonds. The van der Waals surface area contributed by atoms with E-state index < -0.39 is 0 Å². The highest BCUT2D eigenvalue weighted by Crippen LogP contribution is 2.26. The molecule has 118 valence electrons. The number of rotatable bonds is 8. The van der Waals surface area contributed by atoms with Gasteiger partial charge in [-0.25, -0.2) is 0 Å². The van der Waals surface area contributed by atoms with Crippen molar-refractivity contribution in [2.75, 3.05) is 27.2 Å². The van der Waals surface area contributed by atoms with Crippen molar-refractivity contribution >= 4 is 17.5 Å². The highest BCUT2D eigenvalue weighted by molar-refractivity contribution is 6.31. The normalized spacial score (nSPS) is 10.8. The molecular weight excluding hydrogens is 288 g/mol. The molecule has 0 heterocycles. The van der Waals surface area contributed by atoms with Crippen molar-refractivity contribution in [2.45, 2.75) is 26.8 Å². The highest BCUT2D eigenvalue weighted by Gasteiger charge is 2.10. The number of nitrogens with zero attached hydrogens (tertiary/aromatic N) is 1. The summed E-state index contributed by atoms with van der Waals surface area (Å²) in [6.07, 6.45) is 0.359. The average molecular weight is 313 g/mol. The summed E-state index contributed by atoms with van der Waals surface area (Å²) < 4.78 is 5.72. The van der Waals surface area contributed by atoms with E-state index in [-0.39, 0.29) is 5.91 Å². The number of hydrogen-bond acceptors (Lipinski definition) is 3. The average Bonchev–Trinajstić information content (AvgIpc) is 2.41. The molecule has 0 fully saturated rings. The molecule has 1 aromatic carbocycles. The molecule has 0 saturated carbocycles. The van der Waals surface area contributed by atoms with Gasteiger partial charge in [-0.2, -0.15) is 0 Å². The van der Waals surface area contributed by atoms with Gasteiger partial charge in [0, 0.05) is 31.2 Å². The van der Waals surface area contributed by atoms with Gasteiger partial charge < -0.3 is 15.0 Å². The van der Waals surface area contributed by atoms with Gasteiger partial charge in [-0.1, -0.05) is 31.5 Å². The molecule has 0 aliphatic carbocycles. The van der Waals surface area contributed by atoms with Gasteiger partial charge in [-0.15, -0.1) is 0 Å². The number of ether oxygens (including phenoxy) is 1. The second-order valence-electron chi connectivity index (χ2n) is 5.63. The number of nitrogens with one attached hydrogen (secondary N) is 1. The van der Waals surface area contributed by atoms with Crippen LogP contribution in [0.3, 0.4) is 0 Å². The molecule has 0 spiro atoms. The first-order valence-electron chi connectivity index (χ1n) is 7.23. The zero-order valence-corrected chi connectivity index (χ0v) is 14.0. The molecule has 0 aromatic heterocycles. The zero-order chi connectivity index (χ0) is 15.8. The van der Waals surface area contributed by atoms with Gasteiger partial charge >= 0.3 is 0 Å². The third kappa shape index (κ3) is 6.36. The lowest BCUT2D eigenvalue weighted by molar-refractivity contribution is -0.129. The van der Waals surface area contributed by atoms with Gasteiger partial charge in [0.2, 0.25) is 5.91 Å². The fraction of sp³-hybridized carbons (Fsp3) is 0.562. The SMILES string of the molecule is CC(C)CNCc1c(Cl)cccc1OCCC(=O)N(C)C. The van der Waals surface area contributed by atoms with Crippen molar-refractivity contribution in [1.29, 1.82) is 0 Å². The van der Waals surface area contributed by atoms with Crippen LogP contribution >= 0.6 is 11.6 Å². The van der Waals surface area contributed by atoms with Crippen LogP contribution < -0.4 is 10.1 Å². The van der Waals surface area contributed by atoms with E-state index in [0.29, 0.717) is 30.5 Å². The van der Waals surface area contributed by atoms with E-state index in [1.807, 2.05) is 18.2 Å². The smallest absolute Gasteiger partial charge is 0.225 e.